The summed E-state index contributed by atoms with van der Waals surface area (Å²) in [6, 6.07) is 6.44. The molecular weight excluding hydrogens is 360 g/mol. The zero-order valence-corrected chi connectivity index (χ0v) is 15.5. The fourth-order valence-electron chi connectivity index (χ4n) is 3.48. The second-order valence-electron chi connectivity index (χ2n) is 7.19. The highest BCUT2D eigenvalue weighted by molar-refractivity contribution is 6.30. The first-order chi connectivity index (χ1) is 12.2. The molecule has 2 heterocycles. The van der Waals surface area contributed by atoms with E-state index in [4.69, 9.17) is 16.3 Å². The van der Waals surface area contributed by atoms with Crippen molar-refractivity contribution >= 4 is 23.5 Å². The van der Waals surface area contributed by atoms with E-state index in [9.17, 15) is 14.9 Å². The highest BCUT2D eigenvalue weighted by Crippen LogP contribution is 2.30. The largest absolute Gasteiger partial charge is 0.375 e. The third-order valence-corrected chi connectivity index (χ3v) is 4.85. The van der Waals surface area contributed by atoms with Gasteiger partial charge in [0, 0.05) is 36.1 Å². The minimum atomic E-state index is -0.759. The molecular formula is C17H21ClN4O4. The third-order valence-electron chi connectivity index (χ3n) is 4.59. The lowest BCUT2D eigenvalue weighted by Crippen LogP contribution is -2.40. The molecule has 3 rings (SSSR count). The molecule has 2 aliphatic rings. The average molecular weight is 381 g/mol. The number of guanidine groups is 1. The van der Waals surface area contributed by atoms with E-state index < -0.39 is 5.03 Å². The van der Waals surface area contributed by atoms with Crippen molar-refractivity contribution in [3.05, 3.63) is 45.0 Å². The molecule has 0 N–H and O–H groups in total. The van der Waals surface area contributed by atoms with Gasteiger partial charge in [-0.25, -0.2) is 10.1 Å². The first kappa shape index (κ1) is 18.6. The Bertz CT molecular complexity index is 735. The van der Waals surface area contributed by atoms with Crippen molar-refractivity contribution in [1.82, 2.24) is 9.80 Å². The van der Waals surface area contributed by atoms with E-state index in [1.165, 1.54) is 4.90 Å². The molecule has 0 spiro atoms. The number of rotatable bonds is 4. The minimum Gasteiger partial charge on any atom is -0.375 e. The van der Waals surface area contributed by atoms with Gasteiger partial charge in [-0.1, -0.05) is 11.6 Å². The molecule has 0 bridgehead atoms. The monoisotopic (exact) mass is 380 g/mol. The summed E-state index contributed by atoms with van der Waals surface area (Å²) in [5.41, 5.74) is 0.224. The molecule has 2 aliphatic heterocycles. The minimum absolute atomic E-state index is 0.0830. The number of carbonyl (C=O) groups is 1. The molecule has 1 atom stereocenters. The van der Waals surface area contributed by atoms with Gasteiger partial charge in [-0.15, -0.1) is 0 Å². The number of halogens is 1. The summed E-state index contributed by atoms with van der Waals surface area (Å²) < 4.78 is 5.74. The lowest BCUT2D eigenvalue weighted by atomic mass is 9.97. The van der Waals surface area contributed by atoms with E-state index in [-0.39, 0.29) is 23.4 Å². The van der Waals surface area contributed by atoms with Gasteiger partial charge in [0.05, 0.1) is 12.2 Å². The van der Waals surface area contributed by atoms with E-state index in [2.05, 4.69) is 5.10 Å². The zero-order valence-electron chi connectivity index (χ0n) is 14.7. The SMILES string of the molecule is CC1(C)CC(CN2CCN(C(=O)c3ccc(Cl)cc3)C2=N[N+](=O)[O-])CO1. The Labute approximate surface area is 156 Å². The number of carbonyl (C=O) groups excluding carboxylic acids is 1. The number of amides is 1. The van der Waals surface area contributed by atoms with Gasteiger partial charge in [-0.05, 0) is 44.5 Å². The van der Waals surface area contributed by atoms with Crippen LogP contribution in [-0.4, -0.2) is 58.5 Å². The Morgan fingerprint density at radius 2 is 2.08 bits per heavy atom. The van der Waals surface area contributed by atoms with Gasteiger partial charge >= 0.3 is 0 Å². The summed E-state index contributed by atoms with van der Waals surface area (Å²) in [4.78, 5) is 26.9. The van der Waals surface area contributed by atoms with E-state index >= 15 is 0 Å². The van der Waals surface area contributed by atoms with Gasteiger partial charge in [-0.3, -0.25) is 9.69 Å². The zero-order chi connectivity index (χ0) is 18.9. The van der Waals surface area contributed by atoms with Gasteiger partial charge in [0.2, 0.25) is 0 Å². The second-order valence-corrected chi connectivity index (χ2v) is 7.62. The smallest absolute Gasteiger partial charge is 0.281 e. The molecule has 9 heteroatoms. The molecule has 8 nitrogen and oxygen atoms in total. The number of nitro groups is 1. The van der Waals surface area contributed by atoms with Gasteiger partial charge in [0.25, 0.3) is 11.9 Å². The first-order valence-corrected chi connectivity index (χ1v) is 8.82. The van der Waals surface area contributed by atoms with Crippen LogP contribution in [0.15, 0.2) is 29.4 Å². The van der Waals surface area contributed by atoms with Gasteiger partial charge in [0.1, 0.15) is 5.10 Å². The van der Waals surface area contributed by atoms with E-state index in [1.807, 2.05) is 13.8 Å². The first-order valence-electron chi connectivity index (χ1n) is 8.44. The molecule has 0 aromatic heterocycles. The van der Waals surface area contributed by atoms with Crippen molar-refractivity contribution in [3.8, 4) is 0 Å². The number of benzene rings is 1. The highest BCUT2D eigenvalue weighted by atomic mass is 35.5. The molecule has 140 valence electrons. The van der Waals surface area contributed by atoms with Crippen LogP contribution in [0.2, 0.25) is 5.02 Å². The Morgan fingerprint density at radius 1 is 1.38 bits per heavy atom. The van der Waals surface area contributed by atoms with Crippen LogP contribution in [-0.2, 0) is 4.74 Å². The Morgan fingerprint density at radius 3 is 2.65 bits per heavy atom. The summed E-state index contributed by atoms with van der Waals surface area (Å²) in [5, 5.41) is 14.2. The van der Waals surface area contributed by atoms with Crippen molar-refractivity contribution in [1.29, 1.82) is 0 Å². The van der Waals surface area contributed by atoms with Crippen molar-refractivity contribution in [3.63, 3.8) is 0 Å². The number of nitrogens with zero attached hydrogens (tertiary/aromatic N) is 4. The number of hydrazone groups is 1. The molecule has 0 radical (unpaired) electrons. The lowest BCUT2D eigenvalue weighted by molar-refractivity contribution is -0.486. The Kier molecular flexibility index (Phi) is 5.15. The molecule has 26 heavy (non-hydrogen) atoms. The van der Waals surface area contributed by atoms with Crippen molar-refractivity contribution in [2.24, 2.45) is 11.0 Å². The Hall–Kier alpha value is -2.19. The van der Waals surface area contributed by atoms with Gasteiger partial charge < -0.3 is 9.64 Å². The average Bonchev–Trinajstić information content (AvgIpc) is 3.10. The number of hydrogen-bond donors (Lipinski definition) is 0. The van der Waals surface area contributed by atoms with E-state index in [1.54, 1.807) is 29.2 Å². The van der Waals surface area contributed by atoms with Crippen LogP contribution in [0.25, 0.3) is 0 Å². The van der Waals surface area contributed by atoms with Crippen LogP contribution in [0.4, 0.5) is 0 Å². The van der Waals surface area contributed by atoms with Crippen molar-refractivity contribution in [2.75, 3.05) is 26.2 Å². The standard InChI is InChI=1S/C17H21ClN4O4/c1-17(2)9-12(11-26-17)10-20-7-8-21(16(20)19-22(24)25)15(23)13-3-5-14(18)6-4-13/h3-6,12H,7-11H2,1-2H3. The summed E-state index contributed by atoms with van der Waals surface area (Å²) in [6.45, 7) is 6.08. The lowest BCUT2D eigenvalue weighted by Gasteiger charge is -2.22. The van der Waals surface area contributed by atoms with Gasteiger partial charge in [-0.2, -0.15) is 0 Å². The molecule has 1 aromatic rings. The van der Waals surface area contributed by atoms with Crippen LogP contribution in [0.3, 0.4) is 0 Å². The molecule has 2 fully saturated rings. The van der Waals surface area contributed by atoms with Crippen molar-refractivity contribution < 1.29 is 14.6 Å². The van der Waals surface area contributed by atoms with E-state index in [0.717, 1.165) is 6.42 Å². The number of hydrogen-bond acceptors (Lipinski definition) is 4. The number of ether oxygens (including phenoxy) is 1. The third kappa shape index (κ3) is 4.13. The molecule has 1 unspecified atom stereocenters. The fraction of sp³-hybridized carbons (Fsp3) is 0.529. The summed E-state index contributed by atoms with van der Waals surface area (Å²) >= 11 is 5.86. The molecule has 1 aromatic carbocycles. The normalized spacial score (nSPS) is 23.7. The predicted octanol–water partition coefficient (Wildman–Crippen LogP) is 2.46. The second kappa shape index (κ2) is 7.20. The summed E-state index contributed by atoms with van der Waals surface area (Å²) in [6.07, 6.45) is 0.861. The topological polar surface area (TPSA) is 88.3 Å². The van der Waals surface area contributed by atoms with Crippen LogP contribution in [0.5, 0.6) is 0 Å². The maximum atomic E-state index is 12.8. The molecule has 1 amide bonds. The molecule has 2 saturated heterocycles. The van der Waals surface area contributed by atoms with Crippen molar-refractivity contribution in [2.45, 2.75) is 25.9 Å². The van der Waals surface area contributed by atoms with Crippen LogP contribution in [0.1, 0.15) is 30.6 Å². The maximum Gasteiger partial charge on any atom is 0.281 e. The van der Waals surface area contributed by atoms with Crippen LogP contribution in [0, 0.1) is 16.0 Å². The van der Waals surface area contributed by atoms with Crippen LogP contribution >= 0.6 is 11.6 Å². The fourth-order valence-corrected chi connectivity index (χ4v) is 3.61. The summed E-state index contributed by atoms with van der Waals surface area (Å²) in [5.74, 6) is -0.0000346. The predicted molar refractivity (Wildman–Crippen MR) is 96.6 cm³/mol. The Balaban J connectivity index is 1.77. The molecule has 0 saturated carbocycles. The molecule has 0 aliphatic carbocycles. The highest BCUT2D eigenvalue weighted by Gasteiger charge is 2.39. The van der Waals surface area contributed by atoms with Crippen LogP contribution < -0.4 is 0 Å². The summed E-state index contributed by atoms with van der Waals surface area (Å²) in [7, 11) is 0. The quantitative estimate of drug-likeness (QED) is 0.591. The van der Waals surface area contributed by atoms with E-state index in [0.29, 0.717) is 36.8 Å². The van der Waals surface area contributed by atoms with Gasteiger partial charge in [0.15, 0.2) is 5.03 Å². The maximum absolute atomic E-state index is 12.8.